The van der Waals surface area contributed by atoms with Crippen molar-refractivity contribution in [3.8, 4) is 11.4 Å². The highest BCUT2D eigenvalue weighted by molar-refractivity contribution is 5.97. The minimum absolute atomic E-state index is 0.373. The lowest BCUT2D eigenvalue weighted by molar-refractivity contribution is -0.129. The van der Waals surface area contributed by atoms with E-state index in [0.29, 0.717) is 29.6 Å². The first-order valence-corrected chi connectivity index (χ1v) is 9.40. The van der Waals surface area contributed by atoms with Gasteiger partial charge in [0.25, 0.3) is 0 Å². The number of hydrogen-bond donors (Lipinski definition) is 3. The summed E-state index contributed by atoms with van der Waals surface area (Å²) in [6.45, 7) is 0. The second-order valence-electron chi connectivity index (χ2n) is 8.41. The SMILES string of the molecule is OC12CC3C[C@H](C1)C(Nc1c(-c4ncon4)cnc4[nH]ccc14)[C@@H](C3)C2. The summed E-state index contributed by atoms with van der Waals surface area (Å²) in [6, 6.07) is 2.41. The van der Waals surface area contributed by atoms with Gasteiger partial charge in [-0.3, -0.25) is 0 Å². The van der Waals surface area contributed by atoms with Crippen LogP contribution in [0.15, 0.2) is 29.4 Å². The number of aliphatic hydroxyl groups is 1. The fraction of sp³-hybridized carbons (Fsp3) is 0.526. The Bertz CT molecular complexity index is 950. The normalized spacial score (nSPS) is 35.3. The smallest absolute Gasteiger partial charge is 0.214 e. The standard InChI is InChI=1S/C19H21N5O2/c25-19-5-10-3-11(6-19)15(12(4-10)7-19)23-16-13-1-2-20-17(13)21-8-14(16)18-22-9-26-24-18/h1-2,8-12,15,25H,3-7H2,(H2,20,21,23)/t10?,11-,12+,15?,19?. The van der Waals surface area contributed by atoms with Gasteiger partial charge in [0, 0.05) is 23.8 Å². The predicted molar refractivity (Wildman–Crippen MR) is 95.3 cm³/mol. The van der Waals surface area contributed by atoms with E-state index in [-0.39, 0.29) is 0 Å². The zero-order valence-corrected chi connectivity index (χ0v) is 14.4. The molecule has 7 heteroatoms. The van der Waals surface area contributed by atoms with Gasteiger partial charge >= 0.3 is 0 Å². The van der Waals surface area contributed by atoms with E-state index in [2.05, 4.69) is 25.4 Å². The Kier molecular flexibility index (Phi) is 2.87. The Hall–Kier alpha value is -2.41. The molecule has 4 aliphatic rings. The topological polar surface area (TPSA) is 99.9 Å². The van der Waals surface area contributed by atoms with Crippen LogP contribution < -0.4 is 5.32 Å². The summed E-state index contributed by atoms with van der Waals surface area (Å²) in [4.78, 5) is 11.9. The fourth-order valence-electron chi connectivity index (χ4n) is 6.01. The summed E-state index contributed by atoms with van der Waals surface area (Å²) in [5.41, 5.74) is 2.30. The van der Waals surface area contributed by atoms with Crippen molar-refractivity contribution in [3.63, 3.8) is 0 Å². The van der Waals surface area contributed by atoms with Crippen molar-refractivity contribution in [1.29, 1.82) is 0 Å². The molecular formula is C19H21N5O2. The van der Waals surface area contributed by atoms with Crippen LogP contribution in [0.5, 0.6) is 0 Å². The lowest BCUT2D eigenvalue weighted by atomic mass is 9.52. The average Bonchev–Trinajstić information content (AvgIpc) is 3.27. The van der Waals surface area contributed by atoms with Gasteiger partial charge in [0.05, 0.1) is 16.9 Å². The van der Waals surface area contributed by atoms with Crippen LogP contribution in [0, 0.1) is 17.8 Å². The molecule has 5 atom stereocenters. The van der Waals surface area contributed by atoms with Gasteiger partial charge in [-0.25, -0.2) is 4.98 Å². The highest BCUT2D eigenvalue weighted by Crippen LogP contribution is 2.56. The molecule has 0 spiro atoms. The van der Waals surface area contributed by atoms with E-state index in [9.17, 15) is 5.11 Å². The van der Waals surface area contributed by atoms with Crippen LogP contribution in [0.1, 0.15) is 32.1 Å². The third-order valence-electron chi connectivity index (χ3n) is 6.74. The molecule has 3 unspecified atom stereocenters. The van der Waals surface area contributed by atoms with Gasteiger partial charge in [-0.1, -0.05) is 5.16 Å². The van der Waals surface area contributed by atoms with E-state index in [1.165, 1.54) is 19.2 Å². The third kappa shape index (κ3) is 2.06. The molecule has 3 aromatic heterocycles. The van der Waals surface area contributed by atoms with Crippen LogP contribution in [0.25, 0.3) is 22.4 Å². The Balaban J connectivity index is 1.43. The molecule has 4 bridgehead atoms. The van der Waals surface area contributed by atoms with Gasteiger partial charge in [-0.15, -0.1) is 0 Å². The predicted octanol–water partition coefficient (Wildman–Crippen LogP) is 2.96. The van der Waals surface area contributed by atoms with Crippen molar-refractivity contribution in [2.45, 2.75) is 43.7 Å². The van der Waals surface area contributed by atoms with Crippen LogP contribution in [-0.4, -0.2) is 36.9 Å². The monoisotopic (exact) mass is 351 g/mol. The summed E-state index contributed by atoms with van der Waals surface area (Å²) in [5.74, 6) is 2.28. The first-order chi connectivity index (χ1) is 12.7. The molecule has 7 nitrogen and oxygen atoms in total. The number of hydrogen-bond acceptors (Lipinski definition) is 6. The highest BCUT2D eigenvalue weighted by Gasteiger charge is 2.54. The largest absolute Gasteiger partial charge is 0.390 e. The zero-order chi connectivity index (χ0) is 17.3. The molecule has 4 aliphatic carbocycles. The molecular weight excluding hydrogens is 330 g/mol. The van der Waals surface area contributed by atoms with Gasteiger partial charge in [-0.2, -0.15) is 4.98 Å². The second kappa shape index (κ2) is 5.07. The second-order valence-corrected chi connectivity index (χ2v) is 8.41. The first-order valence-electron chi connectivity index (χ1n) is 9.40. The maximum absolute atomic E-state index is 10.9. The molecule has 3 N–H and O–H groups in total. The molecule has 0 radical (unpaired) electrons. The molecule has 26 heavy (non-hydrogen) atoms. The number of fused-ring (bicyclic) bond motifs is 1. The average molecular weight is 351 g/mol. The summed E-state index contributed by atoms with van der Waals surface area (Å²) in [7, 11) is 0. The van der Waals surface area contributed by atoms with Crippen molar-refractivity contribution < 1.29 is 9.63 Å². The maximum Gasteiger partial charge on any atom is 0.214 e. The van der Waals surface area contributed by atoms with Crippen molar-refractivity contribution in [2.75, 3.05) is 5.32 Å². The van der Waals surface area contributed by atoms with E-state index in [4.69, 9.17) is 4.52 Å². The Morgan fingerprint density at radius 1 is 1.19 bits per heavy atom. The van der Waals surface area contributed by atoms with E-state index < -0.39 is 5.60 Å². The molecule has 3 aromatic rings. The lowest BCUT2D eigenvalue weighted by Crippen LogP contribution is -2.59. The molecule has 0 aromatic carbocycles. The number of nitrogens with zero attached hydrogens (tertiary/aromatic N) is 3. The van der Waals surface area contributed by atoms with E-state index in [1.807, 2.05) is 12.3 Å². The lowest BCUT2D eigenvalue weighted by Gasteiger charge is -2.58. The molecule has 0 amide bonds. The van der Waals surface area contributed by atoms with Gasteiger partial charge in [-0.05, 0) is 55.9 Å². The van der Waals surface area contributed by atoms with Crippen LogP contribution in [0.4, 0.5) is 5.69 Å². The molecule has 7 rings (SSSR count). The summed E-state index contributed by atoms with van der Waals surface area (Å²) in [6.07, 6.45) is 10.3. The summed E-state index contributed by atoms with van der Waals surface area (Å²) < 4.78 is 4.96. The molecule has 4 saturated carbocycles. The molecule has 0 saturated heterocycles. The Morgan fingerprint density at radius 2 is 2.04 bits per heavy atom. The van der Waals surface area contributed by atoms with Crippen LogP contribution in [0.3, 0.4) is 0 Å². The van der Waals surface area contributed by atoms with E-state index >= 15 is 0 Å². The first kappa shape index (κ1) is 14.7. The molecule has 4 fully saturated rings. The number of nitrogens with one attached hydrogen (secondary N) is 2. The van der Waals surface area contributed by atoms with Crippen LogP contribution in [-0.2, 0) is 0 Å². The van der Waals surface area contributed by atoms with Crippen LogP contribution in [0.2, 0.25) is 0 Å². The molecule has 134 valence electrons. The fourth-order valence-corrected chi connectivity index (χ4v) is 6.01. The number of aromatic nitrogens is 4. The summed E-state index contributed by atoms with van der Waals surface area (Å²) >= 11 is 0. The van der Waals surface area contributed by atoms with Gasteiger partial charge in [0.2, 0.25) is 12.2 Å². The number of rotatable bonds is 3. The number of anilines is 1. The van der Waals surface area contributed by atoms with Gasteiger partial charge < -0.3 is 19.9 Å². The Labute approximate surface area is 150 Å². The molecule has 3 heterocycles. The van der Waals surface area contributed by atoms with E-state index in [0.717, 1.165) is 41.5 Å². The number of pyridine rings is 1. The Morgan fingerprint density at radius 3 is 2.77 bits per heavy atom. The van der Waals surface area contributed by atoms with Crippen molar-refractivity contribution in [2.24, 2.45) is 17.8 Å². The van der Waals surface area contributed by atoms with Crippen molar-refractivity contribution in [1.82, 2.24) is 20.1 Å². The van der Waals surface area contributed by atoms with E-state index in [1.54, 1.807) is 6.20 Å². The minimum Gasteiger partial charge on any atom is -0.390 e. The van der Waals surface area contributed by atoms with Crippen molar-refractivity contribution in [3.05, 3.63) is 24.9 Å². The quantitative estimate of drug-likeness (QED) is 0.671. The summed E-state index contributed by atoms with van der Waals surface area (Å²) in [5, 5.41) is 19.7. The molecule has 0 aliphatic heterocycles. The zero-order valence-electron chi connectivity index (χ0n) is 14.4. The number of aromatic amines is 1. The third-order valence-corrected chi connectivity index (χ3v) is 6.74. The highest BCUT2D eigenvalue weighted by atomic mass is 16.5. The minimum atomic E-state index is -0.424. The van der Waals surface area contributed by atoms with Crippen LogP contribution >= 0.6 is 0 Å². The van der Waals surface area contributed by atoms with Gasteiger partial charge in [0.15, 0.2) is 0 Å². The van der Waals surface area contributed by atoms with Crippen molar-refractivity contribution >= 4 is 16.7 Å². The maximum atomic E-state index is 10.9. The number of H-pyrrole nitrogens is 1. The van der Waals surface area contributed by atoms with Gasteiger partial charge in [0.1, 0.15) is 5.65 Å².